The summed E-state index contributed by atoms with van der Waals surface area (Å²) in [5, 5.41) is 7.30. The number of carbonyl (C=O) groups is 1. The minimum atomic E-state index is -0.143. The molecule has 0 bridgehead atoms. The minimum absolute atomic E-state index is 0.143. The van der Waals surface area contributed by atoms with Crippen LogP contribution in [-0.2, 0) is 4.74 Å². The Bertz CT molecular complexity index is 615. The fraction of sp³-hybridized carbons (Fsp3) is 0.333. The van der Waals surface area contributed by atoms with E-state index in [1.54, 1.807) is 29.1 Å². The van der Waals surface area contributed by atoms with Crippen molar-refractivity contribution < 1.29 is 9.53 Å². The van der Waals surface area contributed by atoms with Gasteiger partial charge >= 0.3 is 0 Å². The molecule has 0 unspecified atom stereocenters. The number of nitrogen functional groups attached to an aromatic ring is 1. The van der Waals surface area contributed by atoms with Crippen LogP contribution in [0.3, 0.4) is 0 Å². The molecule has 0 spiro atoms. The number of nitrogens with one attached hydrogen (secondary N) is 1. The molecule has 1 amide bonds. The maximum Gasteiger partial charge on any atom is 0.272 e. The predicted molar refractivity (Wildman–Crippen MR) is 79.3 cm³/mol. The fourth-order valence-electron chi connectivity index (χ4n) is 2.32. The Morgan fingerprint density at radius 2 is 1.95 bits per heavy atom. The first-order valence-electron chi connectivity index (χ1n) is 7.02. The maximum absolute atomic E-state index is 12.2. The van der Waals surface area contributed by atoms with Crippen molar-refractivity contribution in [1.82, 2.24) is 15.1 Å². The quantitative estimate of drug-likeness (QED) is 0.835. The summed E-state index contributed by atoms with van der Waals surface area (Å²) in [6, 6.07) is 9.22. The van der Waals surface area contributed by atoms with E-state index in [2.05, 4.69) is 10.4 Å². The Kier molecular flexibility index (Phi) is 3.87. The number of hydrogen-bond donors (Lipinski definition) is 2. The SMILES string of the molecule is Nc1ccc(-n2ccc(C(=O)NC3CCOCC3)n2)cc1. The van der Waals surface area contributed by atoms with Gasteiger partial charge in [-0.1, -0.05) is 0 Å². The number of benzene rings is 1. The van der Waals surface area contributed by atoms with Crippen molar-refractivity contribution >= 4 is 11.6 Å². The largest absolute Gasteiger partial charge is 0.399 e. The molecule has 6 heteroatoms. The molecule has 3 rings (SSSR count). The second-order valence-corrected chi connectivity index (χ2v) is 5.10. The van der Waals surface area contributed by atoms with Gasteiger partial charge in [0, 0.05) is 31.1 Å². The van der Waals surface area contributed by atoms with E-state index in [0.717, 1.165) is 18.5 Å². The molecule has 3 N–H and O–H groups in total. The molecular weight excluding hydrogens is 268 g/mol. The molecule has 1 fully saturated rings. The van der Waals surface area contributed by atoms with Crippen LogP contribution < -0.4 is 11.1 Å². The Balaban J connectivity index is 1.69. The van der Waals surface area contributed by atoms with E-state index in [-0.39, 0.29) is 11.9 Å². The molecule has 21 heavy (non-hydrogen) atoms. The Labute approximate surface area is 122 Å². The van der Waals surface area contributed by atoms with Gasteiger partial charge in [-0.05, 0) is 43.2 Å². The maximum atomic E-state index is 12.2. The molecule has 0 atom stereocenters. The third-order valence-corrected chi connectivity index (χ3v) is 3.54. The summed E-state index contributed by atoms with van der Waals surface area (Å²) in [6.45, 7) is 1.40. The van der Waals surface area contributed by atoms with Crippen LogP contribution in [0.4, 0.5) is 5.69 Å². The van der Waals surface area contributed by atoms with Crippen molar-refractivity contribution in [2.75, 3.05) is 18.9 Å². The first-order valence-corrected chi connectivity index (χ1v) is 7.02. The number of nitrogens with two attached hydrogens (primary N) is 1. The smallest absolute Gasteiger partial charge is 0.272 e. The van der Waals surface area contributed by atoms with Gasteiger partial charge in [0.25, 0.3) is 5.91 Å². The van der Waals surface area contributed by atoms with Crippen molar-refractivity contribution in [3.8, 4) is 5.69 Å². The molecule has 0 saturated carbocycles. The van der Waals surface area contributed by atoms with Gasteiger partial charge in [0.15, 0.2) is 5.69 Å². The van der Waals surface area contributed by atoms with Gasteiger partial charge in [-0.25, -0.2) is 4.68 Å². The van der Waals surface area contributed by atoms with Crippen LogP contribution in [0.5, 0.6) is 0 Å². The van der Waals surface area contributed by atoms with Crippen LogP contribution in [0.25, 0.3) is 5.69 Å². The van der Waals surface area contributed by atoms with Crippen molar-refractivity contribution in [1.29, 1.82) is 0 Å². The lowest BCUT2D eigenvalue weighted by Gasteiger charge is -2.22. The van der Waals surface area contributed by atoms with Crippen LogP contribution in [0.2, 0.25) is 0 Å². The number of aromatic nitrogens is 2. The lowest BCUT2D eigenvalue weighted by atomic mass is 10.1. The summed E-state index contributed by atoms with van der Waals surface area (Å²) in [6.07, 6.45) is 3.47. The summed E-state index contributed by atoms with van der Waals surface area (Å²) in [5.41, 5.74) is 7.64. The Morgan fingerprint density at radius 3 is 2.67 bits per heavy atom. The van der Waals surface area contributed by atoms with Gasteiger partial charge < -0.3 is 15.8 Å². The molecule has 1 aliphatic heterocycles. The van der Waals surface area contributed by atoms with Crippen molar-refractivity contribution in [3.05, 3.63) is 42.2 Å². The van der Waals surface area contributed by atoms with Crippen molar-refractivity contribution in [2.45, 2.75) is 18.9 Å². The average Bonchev–Trinajstić information content (AvgIpc) is 2.99. The highest BCUT2D eigenvalue weighted by Gasteiger charge is 2.18. The number of hydrogen-bond acceptors (Lipinski definition) is 4. The second kappa shape index (κ2) is 5.97. The highest BCUT2D eigenvalue weighted by molar-refractivity contribution is 5.92. The van der Waals surface area contributed by atoms with Gasteiger partial charge in [0.2, 0.25) is 0 Å². The van der Waals surface area contributed by atoms with E-state index in [1.165, 1.54) is 0 Å². The van der Waals surface area contributed by atoms with Crippen molar-refractivity contribution in [3.63, 3.8) is 0 Å². The molecule has 1 saturated heterocycles. The first-order chi connectivity index (χ1) is 10.2. The van der Waals surface area contributed by atoms with Crippen molar-refractivity contribution in [2.24, 2.45) is 0 Å². The molecule has 2 heterocycles. The number of nitrogens with zero attached hydrogens (tertiary/aromatic N) is 2. The highest BCUT2D eigenvalue weighted by Crippen LogP contribution is 2.11. The average molecular weight is 286 g/mol. The van der Waals surface area contributed by atoms with E-state index >= 15 is 0 Å². The minimum Gasteiger partial charge on any atom is -0.399 e. The number of carbonyl (C=O) groups excluding carboxylic acids is 1. The molecule has 2 aromatic rings. The lowest BCUT2D eigenvalue weighted by Crippen LogP contribution is -2.39. The topological polar surface area (TPSA) is 82.2 Å². The summed E-state index contributed by atoms with van der Waals surface area (Å²) in [7, 11) is 0. The standard InChI is InChI=1S/C15H18N4O2/c16-11-1-3-13(4-2-11)19-8-5-14(18-19)15(20)17-12-6-9-21-10-7-12/h1-5,8,12H,6-7,9-10,16H2,(H,17,20). The Hall–Kier alpha value is -2.34. The molecule has 1 aromatic heterocycles. The molecule has 1 aliphatic rings. The zero-order valence-electron chi connectivity index (χ0n) is 11.7. The highest BCUT2D eigenvalue weighted by atomic mass is 16.5. The van der Waals surface area contributed by atoms with E-state index in [9.17, 15) is 4.79 Å². The van der Waals surface area contributed by atoms with Gasteiger partial charge in [-0.2, -0.15) is 5.10 Å². The van der Waals surface area contributed by atoms with Gasteiger partial charge in [-0.3, -0.25) is 4.79 Å². The van der Waals surface area contributed by atoms with Gasteiger partial charge in [0.1, 0.15) is 0 Å². The summed E-state index contributed by atoms with van der Waals surface area (Å²) in [5.74, 6) is -0.143. The van der Waals surface area contributed by atoms with E-state index in [0.29, 0.717) is 24.6 Å². The lowest BCUT2D eigenvalue weighted by molar-refractivity contribution is 0.0694. The fourth-order valence-corrected chi connectivity index (χ4v) is 2.32. The monoisotopic (exact) mass is 286 g/mol. The zero-order valence-corrected chi connectivity index (χ0v) is 11.7. The summed E-state index contributed by atoms with van der Waals surface area (Å²) in [4.78, 5) is 12.2. The Morgan fingerprint density at radius 1 is 1.24 bits per heavy atom. The van der Waals surface area contributed by atoms with E-state index < -0.39 is 0 Å². The van der Waals surface area contributed by atoms with Gasteiger partial charge in [0.05, 0.1) is 5.69 Å². The van der Waals surface area contributed by atoms with Crippen LogP contribution in [0, 0.1) is 0 Å². The zero-order chi connectivity index (χ0) is 14.7. The molecule has 6 nitrogen and oxygen atoms in total. The number of ether oxygens (including phenoxy) is 1. The molecule has 0 radical (unpaired) electrons. The number of amides is 1. The first kappa shape index (κ1) is 13.6. The normalized spacial score (nSPS) is 15.8. The summed E-state index contributed by atoms with van der Waals surface area (Å²) >= 11 is 0. The second-order valence-electron chi connectivity index (χ2n) is 5.10. The van der Waals surface area contributed by atoms with Crippen LogP contribution in [0.1, 0.15) is 23.3 Å². The van der Waals surface area contributed by atoms with E-state index in [1.807, 2.05) is 12.1 Å². The number of rotatable bonds is 3. The molecular formula is C15H18N4O2. The van der Waals surface area contributed by atoms with Crippen LogP contribution in [-0.4, -0.2) is 34.9 Å². The third-order valence-electron chi connectivity index (χ3n) is 3.54. The molecule has 0 aliphatic carbocycles. The van der Waals surface area contributed by atoms with Gasteiger partial charge in [-0.15, -0.1) is 0 Å². The molecule has 1 aromatic carbocycles. The third kappa shape index (κ3) is 3.22. The summed E-state index contributed by atoms with van der Waals surface area (Å²) < 4.78 is 6.94. The number of anilines is 1. The van der Waals surface area contributed by atoms with Crippen LogP contribution >= 0.6 is 0 Å². The van der Waals surface area contributed by atoms with Crippen LogP contribution in [0.15, 0.2) is 36.5 Å². The van der Waals surface area contributed by atoms with E-state index in [4.69, 9.17) is 10.5 Å². The molecule has 110 valence electrons. The predicted octanol–water partition coefficient (Wildman–Crippen LogP) is 1.36.